The highest BCUT2D eigenvalue weighted by atomic mass is 32.1. The molecule has 0 atom stereocenters. The molecule has 0 fully saturated rings. The van der Waals surface area contributed by atoms with Crippen molar-refractivity contribution in [3.63, 3.8) is 0 Å². The van der Waals surface area contributed by atoms with Crippen LogP contribution in [0.5, 0.6) is 5.75 Å². The first-order valence-electron chi connectivity index (χ1n) is 6.36. The number of aromatic nitrogens is 1. The van der Waals surface area contributed by atoms with Crippen LogP contribution in [0.15, 0.2) is 24.3 Å². The molecule has 2 nitrogen and oxygen atoms in total. The minimum atomic E-state index is 0.194. The summed E-state index contributed by atoms with van der Waals surface area (Å²) in [6.07, 6.45) is 3.61. The predicted molar refractivity (Wildman–Crippen MR) is 75.2 cm³/mol. The summed E-state index contributed by atoms with van der Waals surface area (Å²) in [6, 6.07) is 7.37. The van der Waals surface area contributed by atoms with Gasteiger partial charge in [-0.15, -0.1) is 11.3 Å². The minimum absolute atomic E-state index is 0.194. The second kappa shape index (κ2) is 4.09. The van der Waals surface area contributed by atoms with Crippen LogP contribution in [0.1, 0.15) is 37.3 Å². The quantitative estimate of drug-likeness (QED) is 0.835. The van der Waals surface area contributed by atoms with Gasteiger partial charge >= 0.3 is 0 Å². The van der Waals surface area contributed by atoms with Crippen LogP contribution in [-0.4, -0.2) is 10.1 Å². The molecular formula is C15H17NOS. The Hall–Kier alpha value is -1.35. The number of aryl methyl sites for hydroxylation is 1. The van der Waals surface area contributed by atoms with E-state index >= 15 is 0 Å². The average molecular weight is 259 g/mol. The van der Waals surface area contributed by atoms with E-state index in [2.05, 4.69) is 13.8 Å². The normalized spacial score (nSPS) is 17.4. The second-order valence-electron chi connectivity index (χ2n) is 5.58. The summed E-state index contributed by atoms with van der Waals surface area (Å²) in [4.78, 5) is 6.24. The van der Waals surface area contributed by atoms with Gasteiger partial charge in [-0.05, 0) is 31.4 Å². The van der Waals surface area contributed by atoms with E-state index in [-0.39, 0.29) is 5.41 Å². The fourth-order valence-electron chi connectivity index (χ4n) is 2.62. The Morgan fingerprint density at radius 3 is 2.89 bits per heavy atom. The fourth-order valence-corrected chi connectivity index (χ4v) is 3.90. The van der Waals surface area contributed by atoms with Crippen molar-refractivity contribution in [1.82, 2.24) is 4.98 Å². The standard InChI is InChI=1S/C15H17NOS/c1-15(2)8-4-7-12-13(15)16-14(18-12)10-5-3-6-11(17)9-10/h3,5-6,9,17H,4,7-8H2,1-2H3. The van der Waals surface area contributed by atoms with Gasteiger partial charge in [0.15, 0.2) is 0 Å². The number of fused-ring (bicyclic) bond motifs is 1. The number of nitrogens with zero attached hydrogens (tertiary/aromatic N) is 1. The molecule has 0 bridgehead atoms. The number of phenolic OH excluding ortho intramolecular Hbond substituents is 1. The van der Waals surface area contributed by atoms with Crippen LogP contribution in [0.25, 0.3) is 10.6 Å². The lowest BCUT2D eigenvalue weighted by molar-refractivity contribution is 0.424. The van der Waals surface area contributed by atoms with E-state index in [1.54, 1.807) is 23.5 Å². The molecule has 1 aromatic carbocycles. The summed E-state index contributed by atoms with van der Waals surface area (Å²) in [5, 5.41) is 10.6. The fraction of sp³-hybridized carbons (Fsp3) is 0.400. The Bertz CT molecular complexity index is 586. The molecule has 1 aromatic heterocycles. The van der Waals surface area contributed by atoms with Gasteiger partial charge in [0.1, 0.15) is 10.8 Å². The number of hydrogen-bond donors (Lipinski definition) is 1. The molecule has 1 aliphatic rings. The molecule has 2 aromatic rings. The molecule has 3 rings (SSSR count). The zero-order chi connectivity index (χ0) is 12.8. The monoisotopic (exact) mass is 259 g/mol. The lowest BCUT2D eigenvalue weighted by Gasteiger charge is -2.28. The highest BCUT2D eigenvalue weighted by molar-refractivity contribution is 7.15. The molecule has 18 heavy (non-hydrogen) atoms. The molecule has 0 aliphatic heterocycles. The van der Waals surface area contributed by atoms with Gasteiger partial charge in [-0.25, -0.2) is 4.98 Å². The van der Waals surface area contributed by atoms with E-state index < -0.39 is 0 Å². The van der Waals surface area contributed by atoms with Crippen molar-refractivity contribution < 1.29 is 5.11 Å². The zero-order valence-corrected chi connectivity index (χ0v) is 11.5. The van der Waals surface area contributed by atoms with Crippen molar-refractivity contribution in [1.29, 1.82) is 0 Å². The third-order valence-corrected chi connectivity index (χ3v) is 4.80. The summed E-state index contributed by atoms with van der Waals surface area (Å²) in [6.45, 7) is 4.55. The van der Waals surface area contributed by atoms with Gasteiger partial charge in [-0.1, -0.05) is 26.0 Å². The molecule has 1 aliphatic carbocycles. The summed E-state index contributed by atoms with van der Waals surface area (Å²) in [5.41, 5.74) is 2.47. The molecule has 0 amide bonds. The smallest absolute Gasteiger partial charge is 0.124 e. The molecule has 1 heterocycles. The average Bonchev–Trinajstić information content (AvgIpc) is 2.74. The summed E-state index contributed by atoms with van der Waals surface area (Å²) < 4.78 is 0. The maximum atomic E-state index is 9.56. The first-order chi connectivity index (χ1) is 8.56. The lowest BCUT2D eigenvalue weighted by atomic mass is 9.79. The van der Waals surface area contributed by atoms with E-state index in [0.29, 0.717) is 5.75 Å². The molecule has 0 saturated heterocycles. The van der Waals surface area contributed by atoms with Gasteiger partial charge in [0, 0.05) is 15.9 Å². The molecular weight excluding hydrogens is 242 g/mol. The Balaban J connectivity index is 2.08. The van der Waals surface area contributed by atoms with E-state index in [1.807, 2.05) is 12.1 Å². The molecule has 0 saturated carbocycles. The van der Waals surface area contributed by atoms with Crippen molar-refractivity contribution in [2.75, 3.05) is 0 Å². The predicted octanol–water partition coefficient (Wildman–Crippen LogP) is 4.13. The van der Waals surface area contributed by atoms with Gasteiger partial charge in [-0.2, -0.15) is 0 Å². The van der Waals surface area contributed by atoms with Crippen molar-refractivity contribution >= 4 is 11.3 Å². The van der Waals surface area contributed by atoms with Crippen LogP contribution in [0.2, 0.25) is 0 Å². The van der Waals surface area contributed by atoms with Crippen LogP contribution in [0.4, 0.5) is 0 Å². The lowest BCUT2D eigenvalue weighted by Crippen LogP contribution is -2.23. The van der Waals surface area contributed by atoms with Gasteiger partial charge in [0.25, 0.3) is 0 Å². The van der Waals surface area contributed by atoms with Gasteiger partial charge < -0.3 is 5.11 Å². The van der Waals surface area contributed by atoms with Crippen molar-refractivity contribution in [3.8, 4) is 16.3 Å². The highest BCUT2D eigenvalue weighted by Gasteiger charge is 2.31. The van der Waals surface area contributed by atoms with Crippen LogP contribution in [0, 0.1) is 0 Å². The third-order valence-electron chi connectivity index (χ3n) is 3.64. The maximum Gasteiger partial charge on any atom is 0.124 e. The number of rotatable bonds is 1. The van der Waals surface area contributed by atoms with E-state index in [0.717, 1.165) is 17.0 Å². The Kier molecular flexibility index (Phi) is 2.67. The van der Waals surface area contributed by atoms with Crippen molar-refractivity contribution in [2.24, 2.45) is 0 Å². The van der Waals surface area contributed by atoms with Crippen LogP contribution < -0.4 is 0 Å². The molecule has 94 valence electrons. The van der Waals surface area contributed by atoms with Crippen LogP contribution in [-0.2, 0) is 11.8 Å². The zero-order valence-electron chi connectivity index (χ0n) is 10.7. The van der Waals surface area contributed by atoms with Crippen LogP contribution >= 0.6 is 11.3 Å². The third kappa shape index (κ3) is 1.93. The molecule has 0 unspecified atom stereocenters. The molecule has 3 heteroatoms. The molecule has 0 spiro atoms. The Morgan fingerprint density at radius 2 is 2.17 bits per heavy atom. The SMILES string of the molecule is CC1(C)CCCc2sc(-c3cccc(O)c3)nc21. The van der Waals surface area contributed by atoms with Gasteiger partial charge in [0.05, 0.1) is 5.69 Å². The van der Waals surface area contributed by atoms with Crippen LogP contribution in [0.3, 0.4) is 0 Å². The largest absolute Gasteiger partial charge is 0.508 e. The summed E-state index contributed by atoms with van der Waals surface area (Å²) >= 11 is 1.78. The van der Waals surface area contributed by atoms with E-state index in [4.69, 9.17) is 4.98 Å². The Labute approximate surface area is 111 Å². The van der Waals surface area contributed by atoms with Gasteiger partial charge in [0.2, 0.25) is 0 Å². The van der Waals surface area contributed by atoms with Gasteiger partial charge in [-0.3, -0.25) is 0 Å². The van der Waals surface area contributed by atoms with Crippen molar-refractivity contribution in [2.45, 2.75) is 38.5 Å². The number of hydrogen-bond acceptors (Lipinski definition) is 3. The number of aromatic hydroxyl groups is 1. The number of benzene rings is 1. The summed E-state index contributed by atoms with van der Waals surface area (Å²) in [7, 11) is 0. The highest BCUT2D eigenvalue weighted by Crippen LogP contribution is 2.41. The number of phenols is 1. The topological polar surface area (TPSA) is 33.1 Å². The van der Waals surface area contributed by atoms with Crippen molar-refractivity contribution in [3.05, 3.63) is 34.8 Å². The number of thiazole rings is 1. The summed E-state index contributed by atoms with van der Waals surface area (Å²) in [5.74, 6) is 0.305. The van der Waals surface area contributed by atoms with E-state index in [1.165, 1.54) is 23.4 Å². The Morgan fingerprint density at radius 1 is 1.33 bits per heavy atom. The molecule has 0 radical (unpaired) electrons. The molecule has 1 N–H and O–H groups in total. The first-order valence-corrected chi connectivity index (χ1v) is 7.17. The second-order valence-corrected chi connectivity index (χ2v) is 6.66. The van der Waals surface area contributed by atoms with E-state index in [9.17, 15) is 5.11 Å². The maximum absolute atomic E-state index is 9.56. The first kappa shape index (κ1) is 11.7. The minimum Gasteiger partial charge on any atom is -0.508 e.